The van der Waals surface area contributed by atoms with E-state index in [1.165, 1.54) is 28.6 Å². The molecule has 3 heterocycles. The number of carbonyl (C=O) groups is 2. The third-order valence-electron chi connectivity index (χ3n) is 5.14. The van der Waals surface area contributed by atoms with Gasteiger partial charge in [-0.05, 0) is 44.0 Å². The summed E-state index contributed by atoms with van der Waals surface area (Å²) in [5, 5.41) is 2.71. The van der Waals surface area contributed by atoms with Gasteiger partial charge in [0, 0.05) is 31.2 Å². The van der Waals surface area contributed by atoms with Crippen LogP contribution in [0.25, 0.3) is 11.1 Å². The third-order valence-corrected chi connectivity index (χ3v) is 5.14. The van der Waals surface area contributed by atoms with Crippen LogP contribution in [0.1, 0.15) is 35.7 Å². The lowest BCUT2D eigenvalue weighted by atomic mass is 9.85. The zero-order chi connectivity index (χ0) is 20.8. The molecule has 0 spiro atoms. The van der Waals surface area contributed by atoms with Gasteiger partial charge in [-0.1, -0.05) is 12.1 Å². The molecule has 8 heteroatoms. The average Bonchev–Trinajstić information content (AvgIpc) is 2.93. The van der Waals surface area contributed by atoms with Crippen molar-refractivity contribution in [3.63, 3.8) is 0 Å². The van der Waals surface area contributed by atoms with Crippen molar-refractivity contribution < 1.29 is 9.59 Å². The number of aromatic nitrogens is 4. The third kappa shape index (κ3) is 3.02. The number of benzene rings is 1. The van der Waals surface area contributed by atoms with Gasteiger partial charge in [-0.3, -0.25) is 9.59 Å². The average molecular weight is 388 g/mol. The van der Waals surface area contributed by atoms with E-state index in [4.69, 9.17) is 0 Å². The fourth-order valence-electron chi connectivity index (χ4n) is 3.42. The van der Waals surface area contributed by atoms with E-state index < -0.39 is 11.3 Å². The van der Waals surface area contributed by atoms with Crippen LogP contribution in [0.15, 0.2) is 49.2 Å². The SMILES string of the molecule is Cc1ncc(-c2ccc3c(c2)N(N(C)C(=O)c2ccncn2)C(=O)C3(C)C)cn1. The fourth-order valence-corrected chi connectivity index (χ4v) is 3.42. The lowest BCUT2D eigenvalue weighted by Gasteiger charge is -2.29. The number of rotatable bonds is 3. The van der Waals surface area contributed by atoms with Crippen molar-refractivity contribution in [3.05, 3.63) is 66.3 Å². The number of hydrogen-bond donors (Lipinski definition) is 0. The van der Waals surface area contributed by atoms with Crippen LogP contribution in [0.2, 0.25) is 0 Å². The van der Waals surface area contributed by atoms with E-state index in [1.807, 2.05) is 39.0 Å². The van der Waals surface area contributed by atoms with Crippen LogP contribution < -0.4 is 5.01 Å². The molecule has 29 heavy (non-hydrogen) atoms. The van der Waals surface area contributed by atoms with Gasteiger partial charge in [0.2, 0.25) is 0 Å². The molecule has 0 fully saturated rings. The maximum Gasteiger partial charge on any atom is 0.291 e. The lowest BCUT2D eigenvalue weighted by Crippen LogP contribution is -2.49. The van der Waals surface area contributed by atoms with Crippen LogP contribution in [0.4, 0.5) is 5.69 Å². The minimum atomic E-state index is -0.766. The largest absolute Gasteiger partial charge is 0.291 e. The second-order valence-corrected chi connectivity index (χ2v) is 7.42. The highest BCUT2D eigenvalue weighted by molar-refractivity contribution is 6.10. The van der Waals surface area contributed by atoms with E-state index in [0.717, 1.165) is 16.7 Å². The van der Waals surface area contributed by atoms with Crippen molar-refractivity contribution in [2.75, 3.05) is 12.1 Å². The van der Waals surface area contributed by atoms with Gasteiger partial charge >= 0.3 is 0 Å². The summed E-state index contributed by atoms with van der Waals surface area (Å²) in [7, 11) is 1.56. The van der Waals surface area contributed by atoms with E-state index in [2.05, 4.69) is 19.9 Å². The first-order valence-corrected chi connectivity index (χ1v) is 9.13. The number of aryl methyl sites for hydroxylation is 1. The molecule has 1 aliphatic rings. The van der Waals surface area contributed by atoms with Crippen LogP contribution >= 0.6 is 0 Å². The Bertz CT molecular complexity index is 1100. The molecular weight excluding hydrogens is 368 g/mol. The fraction of sp³-hybridized carbons (Fsp3) is 0.238. The summed E-state index contributed by atoms with van der Waals surface area (Å²) in [5.74, 6) is 0.103. The number of anilines is 1. The Morgan fingerprint density at radius 1 is 1.07 bits per heavy atom. The second-order valence-electron chi connectivity index (χ2n) is 7.42. The maximum absolute atomic E-state index is 13.2. The Balaban J connectivity index is 1.79. The van der Waals surface area contributed by atoms with Gasteiger partial charge in [0.15, 0.2) is 0 Å². The van der Waals surface area contributed by atoms with E-state index in [9.17, 15) is 9.59 Å². The summed E-state index contributed by atoms with van der Waals surface area (Å²) in [6.07, 6.45) is 6.28. The predicted molar refractivity (Wildman–Crippen MR) is 107 cm³/mol. The number of hydrogen-bond acceptors (Lipinski definition) is 6. The van der Waals surface area contributed by atoms with Crippen molar-refractivity contribution in [2.24, 2.45) is 0 Å². The van der Waals surface area contributed by atoms with Gasteiger partial charge in [-0.2, -0.15) is 0 Å². The molecule has 8 nitrogen and oxygen atoms in total. The van der Waals surface area contributed by atoms with Crippen LogP contribution in [0.5, 0.6) is 0 Å². The highest BCUT2D eigenvalue weighted by Crippen LogP contribution is 2.44. The molecule has 2 amide bonds. The first-order chi connectivity index (χ1) is 13.8. The van der Waals surface area contributed by atoms with Gasteiger partial charge in [0.05, 0.1) is 11.1 Å². The molecule has 0 radical (unpaired) electrons. The summed E-state index contributed by atoms with van der Waals surface area (Å²) in [4.78, 5) is 42.5. The molecule has 4 rings (SSSR count). The molecule has 0 saturated heterocycles. The van der Waals surface area contributed by atoms with Crippen molar-refractivity contribution in [1.29, 1.82) is 0 Å². The van der Waals surface area contributed by atoms with E-state index >= 15 is 0 Å². The van der Waals surface area contributed by atoms with Crippen LogP contribution in [-0.2, 0) is 10.2 Å². The molecule has 0 saturated carbocycles. The number of nitrogens with zero attached hydrogens (tertiary/aromatic N) is 6. The highest BCUT2D eigenvalue weighted by Gasteiger charge is 2.47. The van der Waals surface area contributed by atoms with Gasteiger partial charge in [0.25, 0.3) is 11.8 Å². The second kappa shape index (κ2) is 6.73. The molecule has 0 bridgehead atoms. The first kappa shape index (κ1) is 18.7. The Morgan fingerprint density at radius 3 is 2.45 bits per heavy atom. The summed E-state index contributed by atoms with van der Waals surface area (Å²) < 4.78 is 0. The summed E-state index contributed by atoms with van der Waals surface area (Å²) in [6.45, 7) is 5.53. The number of carbonyl (C=O) groups excluding carboxylic acids is 2. The molecule has 146 valence electrons. The van der Waals surface area contributed by atoms with Crippen LogP contribution in [0.3, 0.4) is 0 Å². The van der Waals surface area contributed by atoms with Crippen molar-refractivity contribution >= 4 is 17.5 Å². The molecule has 0 aliphatic carbocycles. The standard InChI is InChI=1S/C21H20N6O2/c1-13-23-10-15(11-24-13)14-5-6-16-18(9-14)27(20(29)21(16,2)3)26(4)19(28)17-7-8-22-12-25-17/h5-12H,1-4H3. The topological polar surface area (TPSA) is 92.2 Å². The van der Waals surface area contributed by atoms with Gasteiger partial charge in [-0.15, -0.1) is 0 Å². The minimum absolute atomic E-state index is 0.185. The summed E-state index contributed by atoms with van der Waals surface area (Å²) in [5.41, 5.74) is 2.65. The predicted octanol–water partition coefficient (Wildman–Crippen LogP) is 2.55. The molecule has 3 aromatic rings. The van der Waals surface area contributed by atoms with E-state index in [1.54, 1.807) is 19.4 Å². The number of amides is 2. The van der Waals surface area contributed by atoms with Crippen LogP contribution in [-0.4, -0.2) is 43.8 Å². The molecular formula is C21H20N6O2. The number of hydrazine groups is 1. The van der Waals surface area contributed by atoms with Crippen LogP contribution in [0, 0.1) is 6.92 Å². The van der Waals surface area contributed by atoms with E-state index in [-0.39, 0.29) is 11.6 Å². The Hall–Kier alpha value is -3.68. The Morgan fingerprint density at radius 2 is 1.79 bits per heavy atom. The van der Waals surface area contributed by atoms with Crippen molar-refractivity contribution in [1.82, 2.24) is 24.9 Å². The van der Waals surface area contributed by atoms with Gasteiger partial charge < -0.3 is 0 Å². The lowest BCUT2D eigenvalue weighted by molar-refractivity contribution is -0.124. The highest BCUT2D eigenvalue weighted by atomic mass is 16.2. The summed E-state index contributed by atoms with van der Waals surface area (Å²) in [6, 6.07) is 7.27. The molecule has 2 aromatic heterocycles. The molecule has 1 aromatic carbocycles. The molecule has 0 unspecified atom stereocenters. The maximum atomic E-state index is 13.2. The normalized spacial score (nSPS) is 14.6. The van der Waals surface area contributed by atoms with Gasteiger partial charge in [0.1, 0.15) is 17.8 Å². The summed E-state index contributed by atoms with van der Waals surface area (Å²) >= 11 is 0. The van der Waals surface area contributed by atoms with Crippen molar-refractivity contribution in [2.45, 2.75) is 26.2 Å². The van der Waals surface area contributed by atoms with E-state index in [0.29, 0.717) is 11.5 Å². The first-order valence-electron chi connectivity index (χ1n) is 9.13. The van der Waals surface area contributed by atoms with Crippen molar-refractivity contribution in [3.8, 4) is 11.1 Å². The Kier molecular flexibility index (Phi) is 4.34. The quantitative estimate of drug-likeness (QED) is 0.685. The zero-order valence-electron chi connectivity index (χ0n) is 16.6. The molecule has 0 N–H and O–H groups in total. The smallest absolute Gasteiger partial charge is 0.272 e. The number of fused-ring (bicyclic) bond motifs is 1. The van der Waals surface area contributed by atoms with Gasteiger partial charge in [-0.25, -0.2) is 30.0 Å². The molecule has 1 aliphatic heterocycles. The zero-order valence-corrected chi connectivity index (χ0v) is 16.6. The monoisotopic (exact) mass is 388 g/mol. The Labute approximate surface area is 168 Å². The minimum Gasteiger partial charge on any atom is -0.272 e. The molecule has 0 atom stereocenters.